The van der Waals surface area contributed by atoms with Gasteiger partial charge >= 0.3 is 24.3 Å². The van der Waals surface area contributed by atoms with Gasteiger partial charge in [0.05, 0.1) is 0 Å². The molecule has 4 N–H and O–H groups in total. The molecule has 1 aliphatic carbocycles. The number of carbonyl (C=O) groups is 2. The minimum absolute atomic E-state index is 0.483. The Kier molecular flexibility index (Phi) is 10.6. The second-order valence-corrected chi connectivity index (χ2v) is 5.14. The fraction of sp³-hybridized carbons (Fsp3) is 0.833. The van der Waals surface area contributed by atoms with E-state index in [-0.39, 0.29) is 0 Å². The highest BCUT2D eigenvalue weighted by atomic mass is 19.4. The van der Waals surface area contributed by atoms with Crippen molar-refractivity contribution < 1.29 is 46.1 Å². The molecule has 0 amide bonds. The van der Waals surface area contributed by atoms with Crippen LogP contribution < -0.4 is 5.73 Å². The van der Waals surface area contributed by atoms with Crippen LogP contribution in [0, 0.1) is 0 Å². The highest BCUT2D eigenvalue weighted by molar-refractivity contribution is 5.73. The summed E-state index contributed by atoms with van der Waals surface area (Å²) in [5, 5.41) is 14.2. The van der Waals surface area contributed by atoms with E-state index in [1.54, 1.807) is 0 Å². The van der Waals surface area contributed by atoms with Crippen molar-refractivity contribution in [1.29, 1.82) is 0 Å². The van der Waals surface area contributed by atoms with Gasteiger partial charge in [-0.05, 0) is 39.8 Å². The van der Waals surface area contributed by atoms with Crippen molar-refractivity contribution in [3.8, 4) is 0 Å². The van der Waals surface area contributed by atoms with E-state index in [0.29, 0.717) is 6.04 Å². The van der Waals surface area contributed by atoms with Crippen LogP contribution in [0.4, 0.5) is 26.3 Å². The molecule has 0 heterocycles. The SMILES string of the molecule is CN(C)C1CCC(N)CC1.O=C(O)C(F)(F)F.O=C(O)C(F)(F)F. The second kappa shape index (κ2) is 10.3. The second-order valence-electron chi connectivity index (χ2n) is 5.14. The van der Waals surface area contributed by atoms with Gasteiger partial charge in [-0.2, -0.15) is 26.3 Å². The molecular weight excluding hydrogens is 350 g/mol. The Bertz CT molecular complexity index is 366. The zero-order valence-electron chi connectivity index (χ0n) is 13.0. The van der Waals surface area contributed by atoms with Crippen molar-refractivity contribution in [2.24, 2.45) is 5.73 Å². The predicted molar refractivity (Wildman–Crippen MR) is 71.3 cm³/mol. The van der Waals surface area contributed by atoms with Gasteiger partial charge in [0.2, 0.25) is 0 Å². The number of rotatable bonds is 1. The van der Waals surface area contributed by atoms with E-state index < -0.39 is 24.3 Å². The molecule has 1 fully saturated rings. The van der Waals surface area contributed by atoms with Crippen molar-refractivity contribution in [3.05, 3.63) is 0 Å². The molecule has 0 spiro atoms. The molecule has 0 unspecified atom stereocenters. The maximum absolute atomic E-state index is 10.6. The molecule has 144 valence electrons. The zero-order valence-corrected chi connectivity index (χ0v) is 13.0. The molecular formula is C12H20F6N2O4. The molecule has 0 bridgehead atoms. The van der Waals surface area contributed by atoms with Gasteiger partial charge in [0.15, 0.2) is 0 Å². The van der Waals surface area contributed by atoms with Crippen molar-refractivity contribution in [1.82, 2.24) is 4.90 Å². The zero-order chi connectivity index (χ0) is 19.7. The highest BCUT2D eigenvalue weighted by Gasteiger charge is 2.38. The Morgan fingerprint density at radius 3 is 1.29 bits per heavy atom. The topological polar surface area (TPSA) is 104 Å². The summed E-state index contributed by atoms with van der Waals surface area (Å²) in [6, 6.07) is 1.27. The highest BCUT2D eigenvalue weighted by Crippen LogP contribution is 2.19. The van der Waals surface area contributed by atoms with E-state index in [1.807, 2.05) is 0 Å². The van der Waals surface area contributed by atoms with Crippen molar-refractivity contribution >= 4 is 11.9 Å². The molecule has 0 aromatic carbocycles. The molecule has 0 radical (unpaired) electrons. The van der Waals surface area contributed by atoms with Crippen LogP contribution in [0.25, 0.3) is 0 Å². The lowest BCUT2D eigenvalue weighted by atomic mass is 9.91. The maximum Gasteiger partial charge on any atom is 0.490 e. The van der Waals surface area contributed by atoms with Crippen LogP contribution in [0.2, 0.25) is 0 Å². The fourth-order valence-corrected chi connectivity index (χ4v) is 1.62. The van der Waals surface area contributed by atoms with E-state index in [2.05, 4.69) is 19.0 Å². The van der Waals surface area contributed by atoms with Gasteiger partial charge in [0, 0.05) is 12.1 Å². The number of nitrogens with two attached hydrogens (primary N) is 1. The van der Waals surface area contributed by atoms with E-state index in [1.165, 1.54) is 25.7 Å². The summed E-state index contributed by atoms with van der Waals surface area (Å²) >= 11 is 0. The molecule has 12 heteroatoms. The van der Waals surface area contributed by atoms with Crippen molar-refractivity contribution in [2.75, 3.05) is 14.1 Å². The van der Waals surface area contributed by atoms with Crippen molar-refractivity contribution in [3.63, 3.8) is 0 Å². The Labute approximate surface area is 134 Å². The quantitative estimate of drug-likeness (QED) is 0.611. The van der Waals surface area contributed by atoms with Gasteiger partial charge in [-0.3, -0.25) is 0 Å². The fourth-order valence-electron chi connectivity index (χ4n) is 1.62. The maximum atomic E-state index is 10.6. The number of nitrogens with zero attached hydrogens (tertiary/aromatic N) is 1. The Morgan fingerprint density at radius 1 is 0.875 bits per heavy atom. The molecule has 1 aliphatic rings. The Morgan fingerprint density at radius 2 is 1.12 bits per heavy atom. The first-order chi connectivity index (χ1) is 10.6. The third-order valence-corrected chi connectivity index (χ3v) is 2.96. The first-order valence-corrected chi connectivity index (χ1v) is 6.61. The van der Waals surface area contributed by atoms with Crippen LogP contribution in [0.3, 0.4) is 0 Å². The number of halogens is 6. The van der Waals surface area contributed by atoms with Crippen LogP contribution in [-0.4, -0.2) is 65.6 Å². The van der Waals surface area contributed by atoms with Gasteiger partial charge in [0.25, 0.3) is 0 Å². The summed E-state index contributed by atoms with van der Waals surface area (Å²) < 4.78 is 63.5. The number of carboxylic acid groups (broad SMARTS) is 2. The molecule has 0 aliphatic heterocycles. The molecule has 0 atom stereocenters. The van der Waals surface area contributed by atoms with Crippen LogP contribution in [0.15, 0.2) is 0 Å². The first-order valence-electron chi connectivity index (χ1n) is 6.61. The Balaban J connectivity index is 0. The molecule has 1 saturated carbocycles. The normalized spacial score (nSPS) is 21.1. The molecule has 24 heavy (non-hydrogen) atoms. The van der Waals surface area contributed by atoms with Crippen molar-refractivity contribution in [2.45, 2.75) is 50.1 Å². The van der Waals surface area contributed by atoms with Gasteiger partial charge in [-0.25, -0.2) is 9.59 Å². The molecule has 0 aromatic rings. The summed E-state index contributed by atoms with van der Waals surface area (Å²) in [5.74, 6) is -5.51. The number of hydrogen-bond donors (Lipinski definition) is 3. The van der Waals surface area contributed by atoms with E-state index in [9.17, 15) is 26.3 Å². The van der Waals surface area contributed by atoms with Gasteiger partial charge in [-0.1, -0.05) is 0 Å². The number of hydrogen-bond acceptors (Lipinski definition) is 4. The number of aliphatic carboxylic acids is 2. The molecule has 0 aromatic heterocycles. The number of alkyl halides is 6. The van der Waals surface area contributed by atoms with E-state index >= 15 is 0 Å². The predicted octanol–water partition coefficient (Wildman–Crippen LogP) is 2.08. The summed E-state index contributed by atoms with van der Waals surface area (Å²) in [6.07, 6.45) is -5.17. The van der Waals surface area contributed by atoms with Crippen LogP contribution in [-0.2, 0) is 9.59 Å². The standard InChI is InChI=1S/C8H18N2.2C2HF3O2/c1-10(2)8-5-3-7(9)4-6-8;2*3-2(4,5)1(6)7/h7-8H,3-6,9H2,1-2H3;2*(H,6,7). The van der Waals surface area contributed by atoms with E-state index in [0.717, 1.165) is 6.04 Å². The lowest BCUT2D eigenvalue weighted by Crippen LogP contribution is -2.36. The molecule has 6 nitrogen and oxygen atoms in total. The van der Waals surface area contributed by atoms with Gasteiger partial charge in [0.1, 0.15) is 0 Å². The summed E-state index contributed by atoms with van der Waals surface area (Å²) in [4.78, 5) is 20.1. The minimum atomic E-state index is -5.08. The average Bonchev–Trinajstić information content (AvgIpc) is 2.38. The first kappa shape index (κ1) is 24.7. The van der Waals surface area contributed by atoms with E-state index in [4.69, 9.17) is 25.5 Å². The smallest absolute Gasteiger partial charge is 0.475 e. The Hall–Kier alpha value is -1.56. The van der Waals surface area contributed by atoms with Crippen LogP contribution in [0.1, 0.15) is 25.7 Å². The average molecular weight is 370 g/mol. The molecule has 1 rings (SSSR count). The van der Waals surface area contributed by atoms with Gasteiger partial charge in [-0.15, -0.1) is 0 Å². The van der Waals surface area contributed by atoms with Crippen LogP contribution in [0.5, 0.6) is 0 Å². The third kappa shape index (κ3) is 12.9. The monoisotopic (exact) mass is 370 g/mol. The molecule has 0 saturated heterocycles. The third-order valence-electron chi connectivity index (χ3n) is 2.96. The lowest BCUT2D eigenvalue weighted by Gasteiger charge is -2.30. The van der Waals surface area contributed by atoms with Gasteiger partial charge < -0.3 is 20.8 Å². The summed E-state index contributed by atoms with van der Waals surface area (Å²) in [5.41, 5.74) is 5.78. The lowest BCUT2D eigenvalue weighted by molar-refractivity contribution is -0.193. The largest absolute Gasteiger partial charge is 0.490 e. The minimum Gasteiger partial charge on any atom is -0.475 e. The number of carboxylic acids is 2. The van der Waals surface area contributed by atoms with Crippen LogP contribution >= 0.6 is 0 Å². The summed E-state index contributed by atoms with van der Waals surface area (Å²) in [6.45, 7) is 0. The summed E-state index contributed by atoms with van der Waals surface area (Å²) in [7, 11) is 4.31.